The third-order valence-electron chi connectivity index (χ3n) is 4.45. The molecule has 0 heterocycles. The monoisotopic (exact) mass is 462 g/mol. The Kier molecular flexibility index (Phi) is 6.82. The Bertz CT molecular complexity index is 1180. The van der Waals surface area contributed by atoms with Crippen molar-refractivity contribution in [3.8, 4) is 5.75 Å². The number of rotatable bonds is 7. The first-order valence-corrected chi connectivity index (χ1v) is 11.0. The maximum atomic E-state index is 13.4. The van der Waals surface area contributed by atoms with Crippen LogP contribution in [0.3, 0.4) is 0 Å². The Morgan fingerprint density at radius 2 is 1.71 bits per heavy atom. The molecule has 0 saturated carbocycles. The van der Waals surface area contributed by atoms with Gasteiger partial charge in [0.15, 0.2) is 0 Å². The molecule has 0 fully saturated rings. The lowest BCUT2D eigenvalue weighted by Crippen LogP contribution is -2.38. The fourth-order valence-corrected chi connectivity index (χ4v) is 4.45. The second-order valence-corrected chi connectivity index (χ2v) is 8.99. The number of halogens is 2. The minimum atomic E-state index is -4.10. The van der Waals surface area contributed by atoms with Gasteiger partial charge in [-0.05, 0) is 61.5 Å². The van der Waals surface area contributed by atoms with E-state index in [2.05, 4.69) is 5.32 Å². The molecule has 0 radical (unpaired) electrons. The first-order chi connectivity index (χ1) is 14.7. The molecule has 0 bridgehead atoms. The van der Waals surface area contributed by atoms with Crippen molar-refractivity contribution in [3.05, 3.63) is 83.1 Å². The highest BCUT2D eigenvalue weighted by atomic mass is 35.5. The molecule has 3 rings (SSSR count). The van der Waals surface area contributed by atoms with E-state index < -0.39 is 28.3 Å². The lowest BCUT2D eigenvalue weighted by Gasteiger charge is -2.24. The molecular formula is C22H20ClFN2O4S. The van der Waals surface area contributed by atoms with Gasteiger partial charge in [-0.15, -0.1) is 0 Å². The highest BCUT2D eigenvalue weighted by Crippen LogP contribution is 2.28. The quantitative estimate of drug-likeness (QED) is 0.555. The number of ether oxygens (including phenoxy) is 1. The molecule has 0 spiro atoms. The van der Waals surface area contributed by atoms with E-state index in [1.807, 2.05) is 6.92 Å². The van der Waals surface area contributed by atoms with Crippen molar-refractivity contribution >= 4 is 38.9 Å². The first kappa shape index (κ1) is 22.6. The van der Waals surface area contributed by atoms with Crippen LogP contribution in [0.15, 0.2) is 71.6 Å². The molecule has 3 aromatic carbocycles. The van der Waals surface area contributed by atoms with Crippen molar-refractivity contribution in [1.82, 2.24) is 0 Å². The molecule has 0 aliphatic heterocycles. The number of methoxy groups -OCH3 is 1. The van der Waals surface area contributed by atoms with Crippen molar-refractivity contribution in [2.75, 3.05) is 23.3 Å². The normalized spacial score (nSPS) is 11.1. The summed E-state index contributed by atoms with van der Waals surface area (Å²) in [6.07, 6.45) is 0. The van der Waals surface area contributed by atoms with Crippen LogP contribution in [0.4, 0.5) is 15.8 Å². The summed E-state index contributed by atoms with van der Waals surface area (Å²) in [5.41, 5.74) is 1.33. The molecule has 0 aliphatic rings. The Balaban J connectivity index is 1.95. The lowest BCUT2D eigenvalue weighted by atomic mass is 10.2. The Morgan fingerprint density at radius 3 is 2.32 bits per heavy atom. The van der Waals surface area contributed by atoms with Crippen LogP contribution in [0, 0.1) is 12.7 Å². The van der Waals surface area contributed by atoms with Crippen LogP contribution in [0.2, 0.25) is 5.02 Å². The van der Waals surface area contributed by atoms with Crippen molar-refractivity contribution in [3.63, 3.8) is 0 Å². The first-order valence-electron chi connectivity index (χ1n) is 9.19. The number of benzene rings is 3. The lowest BCUT2D eigenvalue weighted by molar-refractivity contribution is -0.114. The predicted octanol–water partition coefficient (Wildman–Crippen LogP) is 4.63. The molecule has 3 aromatic rings. The van der Waals surface area contributed by atoms with E-state index in [9.17, 15) is 17.6 Å². The maximum Gasteiger partial charge on any atom is 0.264 e. The van der Waals surface area contributed by atoms with Gasteiger partial charge in [0.1, 0.15) is 18.1 Å². The zero-order chi connectivity index (χ0) is 22.6. The van der Waals surface area contributed by atoms with E-state index >= 15 is 0 Å². The highest BCUT2D eigenvalue weighted by Gasteiger charge is 2.27. The molecule has 162 valence electrons. The zero-order valence-electron chi connectivity index (χ0n) is 16.8. The maximum absolute atomic E-state index is 13.4. The number of nitrogens with zero attached hydrogens (tertiary/aromatic N) is 1. The van der Waals surface area contributed by atoms with E-state index in [1.165, 1.54) is 37.4 Å². The van der Waals surface area contributed by atoms with Crippen molar-refractivity contribution < 1.29 is 22.3 Å². The van der Waals surface area contributed by atoms with Gasteiger partial charge >= 0.3 is 0 Å². The number of sulfonamides is 1. The molecule has 0 unspecified atom stereocenters. The van der Waals surface area contributed by atoms with E-state index in [1.54, 1.807) is 24.3 Å². The molecule has 0 aliphatic carbocycles. The highest BCUT2D eigenvalue weighted by molar-refractivity contribution is 7.92. The number of anilines is 2. The number of aryl methyl sites for hydroxylation is 1. The van der Waals surface area contributed by atoms with E-state index in [0.717, 1.165) is 22.0 Å². The fraction of sp³-hybridized carbons (Fsp3) is 0.136. The second kappa shape index (κ2) is 9.36. The summed E-state index contributed by atoms with van der Waals surface area (Å²) < 4.78 is 46.1. The number of hydrogen-bond donors (Lipinski definition) is 1. The topological polar surface area (TPSA) is 75.7 Å². The molecule has 1 amide bonds. The van der Waals surface area contributed by atoms with E-state index in [-0.39, 0.29) is 10.6 Å². The molecule has 6 nitrogen and oxygen atoms in total. The zero-order valence-corrected chi connectivity index (χ0v) is 18.4. The SMILES string of the molecule is COc1ccc(Cl)cc1NC(=O)CN(c1ccc(F)cc1)S(=O)(=O)c1ccc(C)cc1. The Hall–Kier alpha value is -3.10. The van der Waals surface area contributed by atoms with Gasteiger partial charge in [-0.2, -0.15) is 0 Å². The van der Waals surface area contributed by atoms with Gasteiger partial charge in [-0.3, -0.25) is 9.10 Å². The molecule has 0 aromatic heterocycles. The molecule has 0 atom stereocenters. The summed E-state index contributed by atoms with van der Waals surface area (Å²) in [5, 5.41) is 2.99. The number of carbonyl (C=O) groups is 1. The van der Waals surface area contributed by atoms with Crippen LogP contribution >= 0.6 is 11.6 Å². The van der Waals surface area contributed by atoms with Crippen LogP contribution in [0.1, 0.15) is 5.56 Å². The summed E-state index contributed by atoms with van der Waals surface area (Å²) in [7, 11) is -2.67. The third-order valence-corrected chi connectivity index (χ3v) is 6.47. The van der Waals surface area contributed by atoms with E-state index in [4.69, 9.17) is 16.3 Å². The second-order valence-electron chi connectivity index (χ2n) is 6.69. The van der Waals surface area contributed by atoms with Crippen LogP contribution in [-0.2, 0) is 14.8 Å². The fourth-order valence-electron chi connectivity index (χ4n) is 2.86. The van der Waals surface area contributed by atoms with Gasteiger partial charge in [-0.1, -0.05) is 29.3 Å². The molecule has 9 heteroatoms. The largest absolute Gasteiger partial charge is 0.495 e. The van der Waals surface area contributed by atoms with E-state index in [0.29, 0.717) is 16.5 Å². The van der Waals surface area contributed by atoms with Gasteiger partial charge in [0, 0.05) is 5.02 Å². The summed E-state index contributed by atoms with van der Waals surface area (Å²) in [6.45, 7) is 1.29. The summed E-state index contributed by atoms with van der Waals surface area (Å²) in [5.74, 6) is -0.780. The number of hydrogen-bond acceptors (Lipinski definition) is 4. The third kappa shape index (κ3) is 5.34. The Labute approximate surface area is 185 Å². The van der Waals surface area contributed by atoms with Crippen LogP contribution < -0.4 is 14.4 Å². The van der Waals surface area contributed by atoms with Gasteiger partial charge in [0.25, 0.3) is 10.0 Å². The predicted molar refractivity (Wildman–Crippen MR) is 119 cm³/mol. The minimum absolute atomic E-state index is 0.00978. The van der Waals surface area contributed by atoms with Gasteiger partial charge < -0.3 is 10.1 Å². The van der Waals surface area contributed by atoms with Crippen molar-refractivity contribution in [2.24, 2.45) is 0 Å². The summed E-state index contributed by atoms with van der Waals surface area (Å²) >= 11 is 5.99. The summed E-state index contributed by atoms with van der Waals surface area (Å²) in [4.78, 5) is 12.8. The van der Waals surface area contributed by atoms with Gasteiger partial charge in [0.05, 0.1) is 23.4 Å². The van der Waals surface area contributed by atoms with Crippen molar-refractivity contribution in [2.45, 2.75) is 11.8 Å². The average molecular weight is 463 g/mol. The number of carbonyl (C=O) groups excluding carboxylic acids is 1. The summed E-state index contributed by atoms with van der Waals surface area (Å²) in [6, 6.07) is 15.8. The Morgan fingerprint density at radius 1 is 1.06 bits per heavy atom. The smallest absolute Gasteiger partial charge is 0.264 e. The number of nitrogens with one attached hydrogen (secondary N) is 1. The van der Waals surface area contributed by atoms with Gasteiger partial charge in [-0.25, -0.2) is 12.8 Å². The molecule has 1 N–H and O–H groups in total. The minimum Gasteiger partial charge on any atom is -0.495 e. The van der Waals surface area contributed by atoms with Crippen molar-refractivity contribution in [1.29, 1.82) is 0 Å². The van der Waals surface area contributed by atoms with Gasteiger partial charge in [0.2, 0.25) is 5.91 Å². The molecular weight excluding hydrogens is 443 g/mol. The molecule has 0 saturated heterocycles. The number of amides is 1. The molecule has 31 heavy (non-hydrogen) atoms. The standard InChI is InChI=1S/C22H20ClFN2O4S/c1-15-3-10-19(11-4-15)31(28,29)26(18-8-6-17(24)7-9-18)14-22(27)25-20-13-16(23)5-12-21(20)30-2/h3-13H,14H2,1-2H3,(H,25,27). The average Bonchev–Trinajstić information content (AvgIpc) is 2.73. The van der Waals surface area contributed by atoms with Crippen LogP contribution in [0.25, 0.3) is 0 Å². The van der Waals surface area contributed by atoms with Crippen LogP contribution in [0.5, 0.6) is 5.75 Å². The van der Waals surface area contributed by atoms with Crippen LogP contribution in [-0.4, -0.2) is 28.0 Å².